The molecule has 0 bridgehead atoms. The molecule has 2 N–H and O–H groups in total. The first-order valence-electron chi connectivity index (χ1n) is 9.43. The summed E-state index contributed by atoms with van der Waals surface area (Å²) in [5.41, 5.74) is 3.53. The van der Waals surface area contributed by atoms with Crippen molar-refractivity contribution in [2.75, 3.05) is 13.7 Å². The van der Waals surface area contributed by atoms with Crippen molar-refractivity contribution in [1.29, 1.82) is 0 Å². The number of alkyl halides is 3. The summed E-state index contributed by atoms with van der Waals surface area (Å²) in [6, 6.07) is 10.9. The summed E-state index contributed by atoms with van der Waals surface area (Å²) in [7, 11) is 1.63. The Hall–Kier alpha value is -3.56. The van der Waals surface area contributed by atoms with Crippen LogP contribution < -0.4 is 15.4 Å². The summed E-state index contributed by atoms with van der Waals surface area (Å²) in [6.45, 7) is 1.42. The van der Waals surface area contributed by atoms with E-state index < -0.39 is 12.8 Å². The molecule has 0 aliphatic heterocycles. The van der Waals surface area contributed by atoms with Crippen molar-refractivity contribution in [3.8, 4) is 17.3 Å². The second-order valence-corrected chi connectivity index (χ2v) is 6.70. The van der Waals surface area contributed by atoms with E-state index in [0.717, 1.165) is 16.7 Å². The first-order valence-corrected chi connectivity index (χ1v) is 9.43. The lowest BCUT2D eigenvalue weighted by molar-refractivity contribution is -0.154. The highest BCUT2D eigenvalue weighted by atomic mass is 19.4. The minimum absolute atomic E-state index is 0.0843. The molecule has 10 heteroatoms. The lowest BCUT2D eigenvalue weighted by Crippen LogP contribution is -2.36. The van der Waals surface area contributed by atoms with E-state index in [-0.39, 0.29) is 5.88 Å². The maximum Gasteiger partial charge on any atom is 0.422 e. The molecule has 164 valence electrons. The average molecular weight is 433 g/mol. The van der Waals surface area contributed by atoms with Crippen LogP contribution in [0.2, 0.25) is 0 Å². The number of aryl methyl sites for hydroxylation is 1. The summed E-state index contributed by atoms with van der Waals surface area (Å²) >= 11 is 0. The van der Waals surface area contributed by atoms with Crippen molar-refractivity contribution in [1.82, 2.24) is 20.6 Å². The van der Waals surface area contributed by atoms with E-state index >= 15 is 0 Å². The van der Waals surface area contributed by atoms with E-state index in [0.29, 0.717) is 30.6 Å². The second kappa shape index (κ2) is 9.96. The number of benzene rings is 1. The van der Waals surface area contributed by atoms with Crippen LogP contribution in [0, 0.1) is 6.92 Å². The number of nitrogens with zero attached hydrogens (tertiary/aromatic N) is 3. The molecule has 0 saturated heterocycles. The molecule has 0 aliphatic carbocycles. The highest BCUT2D eigenvalue weighted by molar-refractivity contribution is 5.79. The smallest absolute Gasteiger partial charge is 0.422 e. The number of rotatable bonds is 7. The number of guanidine groups is 1. The molecule has 0 fully saturated rings. The van der Waals surface area contributed by atoms with Gasteiger partial charge in [-0.15, -0.1) is 0 Å². The van der Waals surface area contributed by atoms with E-state index in [9.17, 15) is 13.2 Å². The Morgan fingerprint density at radius 1 is 1.10 bits per heavy atom. The van der Waals surface area contributed by atoms with Gasteiger partial charge >= 0.3 is 6.18 Å². The first kappa shape index (κ1) is 22.1. The maximum atomic E-state index is 12.2. The Kier molecular flexibility index (Phi) is 7.11. The van der Waals surface area contributed by atoms with Gasteiger partial charge in [0.25, 0.3) is 0 Å². The predicted molar refractivity (Wildman–Crippen MR) is 110 cm³/mol. The van der Waals surface area contributed by atoms with Crippen molar-refractivity contribution >= 4 is 5.96 Å². The van der Waals surface area contributed by atoms with Gasteiger partial charge in [0.15, 0.2) is 12.6 Å². The molecular formula is C21H22F3N5O2. The molecule has 0 saturated carbocycles. The van der Waals surface area contributed by atoms with Gasteiger partial charge in [0.1, 0.15) is 6.26 Å². The highest BCUT2D eigenvalue weighted by Crippen LogP contribution is 2.19. The Morgan fingerprint density at radius 3 is 2.48 bits per heavy atom. The van der Waals surface area contributed by atoms with Crippen LogP contribution >= 0.6 is 0 Å². The molecule has 2 heterocycles. The molecule has 0 unspecified atom stereocenters. The molecule has 2 aromatic heterocycles. The minimum atomic E-state index is -4.40. The van der Waals surface area contributed by atoms with Crippen molar-refractivity contribution < 1.29 is 22.3 Å². The zero-order valence-corrected chi connectivity index (χ0v) is 17.0. The molecule has 7 nitrogen and oxygen atoms in total. The van der Waals surface area contributed by atoms with Gasteiger partial charge in [-0.1, -0.05) is 23.8 Å². The summed E-state index contributed by atoms with van der Waals surface area (Å²) in [5, 5.41) is 6.22. The number of hydrogen-bond donors (Lipinski definition) is 2. The van der Waals surface area contributed by atoms with Crippen LogP contribution in [0.3, 0.4) is 0 Å². The van der Waals surface area contributed by atoms with Crippen LogP contribution in [0.25, 0.3) is 11.5 Å². The van der Waals surface area contributed by atoms with Gasteiger partial charge in [0.2, 0.25) is 11.8 Å². The number of aliphatic imine (C=N–C) groups is 1. The number of pyridine rings is 1. The third-order valence-electron chi connectivity index (χ3n) is 4.15. The quantitative estimate of drug-likeness (QED) is 0.435. The maximum absolute atomic E-state index is 12.2. The molecule has 0 aliphatic rings. The number of oxazole rings is 1. The zero-order chi connectivity index (χ0) is 22.3. The van der Waals surface area contributed by atoms with Gasteiger partial charge in [0, 0.05) is 31.4 Å². The average Bonchev–Trinajstić information content (AvgIpc) is 3.22. The van der Waals surface area contributed by atoms with Gasteiger partial charge in [-0.05, 0) is 24.6 Å². The first-order chi connectivity index (χ1) is 14.8. The Balaban J connectivity index is 1.47. The number of aromatic nitrogens is 2. The molecule has 3 rings (SSSR count). The van der Waals surface area contributed by atoms with Gasteiger partial charge in [-0.25, -0.2) is 9.97 Å². The van der Waals surface area contributed by atoms with Crippen LogP contribution in [0.1, 0.15) is 16.8 Å². The lowest BCUT2D eigenvalue weighted by Gasteiger charge is -2.11. The summed E-state index contributed by atoms with van der Waals surface area (Å²) in [6.07, 6.45) is -1.37. The largest absolute Gasteiger partial charge is 0.468 e. The van der Waals surface area contributed by atoms with Gasteiger partial charge in [-0.3, -0.25) is 4.99 Å². The number of nitrogens with one attached hydrogen (secondary N) is 2. The fourth-order valence-electron chi connectivity index (χ4n) is 2.55. The molecule has 1 aromatic carbocycles. The van der Waals surface area contributed by atoms with E-state index in [1.54, 1.807) is 19.4 Å². The SMILES string of the molecule is CN=C(NCc1ccc(OCC(F)(F)F)nc1)NCc1coc(-c2ccc(C)cc2)n1. The Morgan fingerprint density at radius 2 is 1.84 bits per heavy atom. The molecule has 31 heavy (non-hydrogen) atoms. The van der Waals surface area contributed by atoms with Crippen molar-refractivity contribution in [2.24, 2.45) is 4.99 Å². The zero-order valence-electron chi connectivity index (χ0n) is 17.0. The highest BCUT2D eigenvalue weighted by Gasteiger charge is 2.28. The molecular weight excluding hydrogens is 411 g/mol. The van der Waals surface area contributed by atoms with Crippen LogP contribution in [0.4, 0.5) is 13.2 Å². The van der Waals surface area contributed by atoms with Gasteiger partial charge < -0.3 is 19.8 Å². The second-order valence-electron chi connectivity index (χ2n) is 6.70. The number of hydrogen-bond acceptors (Lipinski definition) is 5. The molecule has 0 atom stereocenters. The molecule has 0 spiro atoms. The standard InChI is InChI=1S/C21H22F3N5O2/c1-14-3-6-16(7-4-14)19-29-17(12-30-19)11-28-20(25-2)27-10-15-5-8-18(26-9-15)31-13-21(22,23)24/h3-9,12H,10-11,13H2,1-2H3,(H2,25,27,28). The van der Waals surface area contributed by atoms with Crippen LogP contribution in [-0.2, 0) is 13.1 Å². The summed E-state index contributed by atoms with van der Waals surface area (Å²) in [4.78, 5) is 12.5. The lowest BCUT2D eigenvalue weighted by atomic mass is 10.1. The summed E-state index contributed by atoms with van der Waals surface area (Å²) in [5.74, 6) is 0.981. The van der Waals surface area contributed by atoms with Crippen molar-refractivity contribution in [3.63, 3.8) is 0 Å². The molecule has 3 aromatic rings. The van der Waals surface area contributed by atoms with Crippen molar-refractivity contribution in [2.45, 2.75) is 26.2 Å². The van der Waals surface area contributed by atoms with E-state index in [2.05, 4.69) is 30.3 Å². The van der Waals surface area contributed by atoms with E-state index in [1.165, 1.54) is 12.3 Å². The Bertz CT molecular complexity index is 999. The van der Waals surface area contributed by atoms with E-state index in [4.69, 9.17) is 4.42 Å². The third-order valence-corrected chi connectivity index (χ3v) is 4.15. The molecule has 0 amide bonds. The van der Waals surface area contributed by atoms with Crippen molar-refractivity contribution in [3.05, 3.63) is 65.7 Å². The fourth-order valence-corrected chi connectivity index (χ4v) is 2.55. The van der Waals surface area contributed by atoms with Crippen LogP contribution in [0.15, 0.2) is 58.3 Å². The topological polar surface area (TPSA) is 84.6 Å². The Labute approximate surface area is 177 Å². The minimum Gasteiger partial charge on any atom is -0.468 e. The molecule has 0 radical (unpaired) electrons. The van der Waals surface area contributed by atoms with Gasteiger partial charge in [-0.2, -0.15) is 13.2 Å². The third kappa shape index (κ3) is 7.02. The number of ether oxygens (including phenoxy) is 1. The number of halogens is 3. The van der Waals surface area contributed by atoms with Crippen LogP contribution in [0.5, 0.6) is 5.88 Å². The van der Waals surface area contributed by atoms with Gasteiger partial charge in [0.05, 0.1) is 12.2 Å². The normalized spacial score (nSPS) is 12.0. The van der Waals surface area contributed by atoms with Crippen LogP contribution in [-0.4, -0.2) is 35.8 Å². The fraction of sp³-hybridized carbons (Fsp3) is 0.286. The monoisotopic (exact) mass is 433 g/mol. The summed E-state index contributed by atoms with van der Waals surface area (Å²) < 4.78 is 46.6. The van der Waals surface area contributed by atoms with E-state index in [1.807, 2.05) is 31.2 Å². The predicted octanol–water partition coefficient (Wildman–Crippen LogP) is 3.85.